The third-order valence-electron chi connectivity index (χ3n) is 3.24. The molecule has 1 rings (SSSR count). The Hall–Kier alpha value is -0.660. The number of hydrogen-bond donors (Lipinski definition) is 1. The van der Waals surface area contributed by atoms with Gasteiger partial charge in [0.2, 0.25) is 10.0 Å². The zero-order valence-corrected chi connectivity index (χ0v) is 14.4. The Morgan fingerprint density at radius 1 is 1.24 bits per heavy atom. The molecular weight excluding hydrogens is 310 g/mol. The highest BCUT2D eigenvalue weighted by atomic mass is 35.5. The van der Waals surface area contributed by atoms with Gasteiger partial charge >= 0.3 is 0 Å². The molecule has 0 saturated heterocycles. The Morgan fingerprint density at radius 3 is 2.43 bits per heavy atom. The molecule has 0 spiro atoms. The van der Waals surface area contributed by atoms with Gasteiger partial charge < -0.3 is 10.6 Å². The van der Waals surface area contributed by atoms with Gasteiger partial charge in [-0.2, -0.15) is 4.31 Å². The predicted octanol–water partition coefficient (Wildman–Crippen LogP) is 1.76. The molecule has 0 aliphatic heterocycles. The highest BCUT2D eigenvalue weighted by molar-refractivity contribution is 7.89. The van der Waals surface area contributed by atoms with E-state index in [1.54, 1.807) is 12.1 Å². The number of benzene rings is 1. The van der Waals surface area contributed by atoms with E-state index in [2.05, 4.69) is 0 Å². The quantitative estimate of drug-likeness (QED) is 0.787. The first-order chi connectivity index (χ1) is 9.82. The van der Waals surface area contributed by atoms with Gasteiger partial charge in [0, 0.05) is 24.7 Å². The van der Waals surface area contributed by atoms with Crippen molar-refractivity contribution in [2.45, 2.75) is 24.8 Å². The van der Waals surface area contributed by atoms with Crippen LogP contribution >= 0.6 is 11.6 Å². The van der Waals surface area contributed by atoms with Gasteiger partial charge in [0.05, 0.1) is 4.90 Å². The lowest BCUT2D eigenvalue weighted by molar-refractivity contribution is 0.356. The molecule has 0 heterocycles. The zero-order valence-electron chi connectivity index (χ0n) is 12.8. The Morgan fingerprint density at radius 2 is 1.90 bits per heavy atom. The molecule has 0 fully saturated rings. The third kappa shape index (κ3) is 4.93. The van der Waals surface area contributed by atoms with Crippen LogP contribution in [0.2, 0.25) is 5.02 Å². The first-order valence-corrected chi connectivity index (χ1v) is 8.78. The normalized spacial score (nSPS) is 12.3. The largest absolute Gasteiger partial charge is 0.326 e. The van der Waals surface area contributed by atoms with Crippen LogP contribution in [0.5, 0.6) is 0 Å². The number of sulfonamides is 1. The first-order valence-electron chi connectivity index (χ1n) is 6.96. The molecule has 2 N–H and O–H groups in total. The molecule has 0 aliphatic carbocycles. The number of nitrogens with zero attached hydrogens (tertiary/aromatic N) is 2. The van der Waals surface area contributed by atoms with Gasteiger partial charge in [-0.05, 0) is 50.8 Å². The standard InChI is InChI=1S/C14H24ClN3O2S/c1-4-18(9-5-8-17(2)3)21(19,20)13-6-7-14(15)12(10-13)11-16/h6-7,10H,4-5,8-9,11,16H2,1-3H3. The zero-order chi connectivity index (χ0) is 16.0. The maximum atomic E-state index is 12.6. The van der Waals surface area contributed by atoms with Crippen LogP contribution in [0.15, 0.2) is 23.1 Å². The summed E-state index contributed by atoms with van der Waals surface area (Å²) >= 11 is 5.98. The van der Waals surface area contributed by atoms with Gasteiger partial charge in [0.1, 0.15) is 0 Å². The Balaban J connectivity index is 2.96. The fourth-order valence-corrected chi connectivity index (χ4v) is 3.76. The molecule has 0 radical (unpaired) electrons. The fourth-order valence-electron chi connectivity index (χ4n) is 2.03. The van der Waals surface area contributed by atoms with Crippen molar-refractivity contribution >= 4 is 21.6 Å². The number of halogens is 1. The van der Waals surface area contributed by atoms with Crippen molar-refractivity contribution in [2.24, 2.45) is 5.73 Å². The number of rotatable bonds is 8. The summed E-state index contributed by atoms with van der Waals surface area (Å²) in [6.07, 6.45) is 0.789. The van der Waals surface area contributed by atoms with Crippen LogP contribution in [0.1, 0.15) is 18.9 Å². The second-order valence-corrected chi connectivity index (χ2v) is 7.46. The highest BCUT2D eigenvalue weighted by Crippen LogP contribution is 2.22. The van der Waals surface area contributed by atoms with Crippen molar-refractivity contribution in [1.82, 2.24) is 9.21 Å². The molecule has 0 amide bonds. The lowest BCUT2D eigenvalue weighted by atomic mass is 10.2. The molecule has 21 heavy (non-hydrogen) atoms. The van der Waals surface area contributed by atoms with E-state index < -0.39 is 10.0 Å². The van der Waals surface area contributed by atoms with Crippen molar-refractivity contribution in [1.29, 1.82) is 0 Å². The maximum absolute atomic E-state index is 12.6. The van der Waals surface area contributed by atoms with E-state index in [4.69, 9.17) is 17.3 Å². The molecule has 0 aromatic heterocycles. The Kier molecular flexibility index (Phi) is 7.09. The van der Waals surface area contributed by atoms with E-state index >= 15 is 0 Å². The van der Waals surface area contributed by atoms with E-state index in [1.165, 1.54) is 10.4 Å². The molecule has 0 aliphatic rings. The molecule has 0 unspecified atom stereocenters. The summed E-state index contributed by atoms with van der Waals surface area (Å²) in [5, 5.41) is 0.493. The number of hydrogen-bond acceptors (Lipinski definition) is 4. The fraction of sp³-hybridized carbons (Fsp3) is 0.571. The van der Waals surface area contributed by atoms with Crippen LogP contribution in [-0.4, -0.2) is 51.4 Å². The molecule has 5 nitrogen and oxygen atoms in total. The summed E-state index contributed by atoms with van der Waals surface area (Å²) in [7, 11) is 0.442. The van der Waals surface area contributed by atoms with Gasteiger partial charge in [-0.25, -0.2) is 8.42 Å². The van der Waals surface area contributed by atoms with Crippen molar-refractivity contribution in [3.63, 3.8) is 0 Å². The molecule has 0 bridgehead atoms. The second-order valence-electron chi connectivity index (χ2n) is 5.11. The minimum atomic E-state index is -3.50. The molecular formula is C14H24ClN3O2S. The lowest BCUT2D eigenvalue weighted by Gasteiger charge is -2.22. The third-order valence-corrected chi connectivity index (χ3v) is 5.58. The summed E-state index contributed by atoms with van der Waals surface area (Å²) in [5.41, 5.74) is 6.23. The Labute approximate surface area is 132 Å². The summed E-state index contributed by atoms with van der Waals surface area (Å²) in [5.74, 6) is 0. The summed E-state index contributed by atoms with van der Waals surface area (Å²) < 4.78 is 26.8. The smallest absolute Gasteiger partial charge is 0.243 e. The monoisotopic (exact) mass is 333 g/mol. The molecule has 0 atom stereocenters. The van der Waals surface area contributed by atoms with Gasteiger partial charge in [-0.15, -0.1) is 0 Å². The van der Waals surface area contributed by atoms with E-state index in [0.717, 1.165) is 13.0 Å². The van der Waals surface area contributed by atoms with E-state index in [9.17, 15) is 8.42 Å². The van der Waals surface area contributed by atoms with Crippen LogP contribution in [0.25, 0.3) is 0 Å². The van der Waals surface area contributed by atoms with Crippen molar-refractivity contribution < 1.29 is 8.42 Å². The summed E-state index contributed by atoms with van der Waals surface area (Å²) in [4.78, 5) is 2.29. The molecule has 1 aromatic carbocycles. The van der Waals surface area contributed by atoms with Crippen LogP contribution in [-0.2, 0) is 16.6 Å². The molecule has 120 valence electrons. The first kappa shape index (κ1) is 18.4. The average Bonchev–Trinajstić information content (AvgIpc) is 2.43. The van der Waals surface area contributed by atoms with Crippen LogP contribution < -0.4 is 5.73 Å². The minimum absolute atomic E-state index is 0.217. The van der Waals surface area contributed by atoms with Crippen molar-refractivity contribution in [3.05, 3.63) is 28.8 Å². The van der Waals surface area contributed by atoms with Crippen LogP contribution in [0.4, 0.5) is 0 Å². The van der Waals surface area contributed by atoms with Crippen LogP contribution in [0.3, 0.4) is 0 Å². The number of nitrogens with two attached hydrogens (primary N) is 1. The van der Waals surface area contributed by atoms with E-state index in [-0.39, 0.29) is 11.4 Å². The van der Waals surface area contributed by atoms with Gasteiger partial charge in [0.15, 0.2) is 0 Å². The maximum Gasteiger partial charge on any atom is 0.243 e. The van der Waals surface area contributed by atoms with Gasteiger partial charge in [-0.1, -0.05) is 18.5 Å². The van der Waals surface area contributed by atoms with E-state index in [1.807, 2.05) is 25.9 Å². The Bertz CT molecular complexity index is 561. The minimum Gasteiger partial charge on any atom is -0.326 e. The van der Waals surface area contributed by atoms with Crippen molar-refractivity contribution in [3.8, 4) is 0 Å². The molecule has 0 saturated carbocycles. The lowest BCUT2D eigenvalue weighted by Crippen LogP contribution is -2.33. The predicted molar refractivity (Wildman–Crippen MR) is 86.9 cm³/mol. The topological polar surface area (TPSA) is 66.6 Å². The molecule has 7 heteroatoms. The van der Waals surface area contributed by atoms with Crippen molar-refractivity contribution in [2.75, 3.05) is 33.7 Å². The summed E-state index contributed by atoms with van der Waals surface area (Å²) in [6, 6.07) is 4.68. The van der Waals surface area contributed by atoms with Gasteiger partial charge in [-0.3, -0.25) is 0 Å². The van der Waals surface area contributed by atoms with Crippen LogP contribution in [0, 0.1) is 0 Å². The SMILES string of the molecule is CCN(CCCN(C)C)S(=O)(=O)c1ccc(Cl)c(CN)c1. The van der Waals surface area contributed by atoms with E-state index in [0.29, 0.717) is 23.7 Å². The average molecular weight is 334 g/mol. The summed E-state index contributed by atoms with van der Waals surface area (Å²) in [6.45, 7) is 3.84. The highest BCUT2D eigenvalue weighted by Gasteiger charge is 2.23. The second kappa shape index (κ2) is 8.10. The van der Waals surface area contributed by atoms with Gasteiger partial charge in [0.25, 0.3) is 0 Å². The molecule has 1 aromatic rings.